The molecule has 0 fully saturated rings. The SMILES string of the molecule is Cc1ccc([Si](c2ccc(C)cc2)c2cc(Br)c([Si](c3ccc(C)cc3)c3ccc(C)cc3)cc2Br)cc1. The minimum Gasteiger partial charge on any atom is -0.0622 e. The third-order valence-electron chi connectivity index (χ3n) is 6.96. The summed E-state index contributed by atoms with van der Waals surface area (Å²) in [6.45, 7) is 8.62. The summed E-state index contributed by atoms with van der Waals surface area (Å²) < 4.78 is 2.37. The molecule has 0 amide bonds. The van der Waals surface area contributed by atoms with E-state index in [0.29, 0.717) is 0 Å². The Balaban J connectivity index is 1.67. The quantitative estimate of drug-likeness (QED) is 0.168. The second-order valence-electron chi connectivity index (χ2n) is 10.0. The fraction of sp³-hybridized carbons (Fsp3) is 0.118. The zero-order chi connectivity index (χ0) is 26.8. The molecular weight excluding hydrogens is 624 g/mol. The summed E-state index contributed by atoms with van der Waals surface area (Å²) in [6, 6.07) is 41.2. The number of aryl methyl sites for hydroxylation is 4. The van der Waals surface area contributed by atoms with Crippen molar-refractivity contribution in [2.24, 2.45) is 0 Å². The van der Waals surface area contributed by atoms with Crippen LogP contribution in [0, 0.1) is 27.7 Å². The second-order valence-corrected chi connectivity index (χ2v) is 16.6. The summed E-state index contributed by atoms with van der Waals surface area (Å²) in [6.07, 6.45) is 0. The minimum absolute atomic E-state index is 1.19. The lowest BCUT2D eigenvalue weighted by Crippen LogP contribution is -2.55. The Morgan fingerprint density at radius 2 is 0.579 bits per heavy atom. The lowest BCUT2D eigenvalue weighted by Gasteiger charge is -2.23. The van der Waals surface area contributed by atoms with Gasteiger partial charge in [0.25, 0.3) is 0 Å². The third-order valence-corrected chi connectivity index (χ3v) is 14.5. The summed E-state index contributed by atoms with van der Waals surface area (Å²) >= 11 is 8.13. The Morgan fingerprint density at radius 1 is 0.368 bits per heavy atom. The van der Waals surface area contributed by atoms with Gasteiger partial charge in [0, 0.05) is 8.95 Å². The second kappa shape index (κ2) is 11.7. The molecule has 5 aromatic rings. The van der Waals surface area contributed by atoms with E-state index in [4.69, 9.17) is 0 Å². The van der Waals surface area contributed by atoms with Crippen molar-refractivity contribution in [1.29, 1.82) is 0 Å². The van der Waals surface area contributed by atoms with E-state index >= 15 is 0 Å². The van der Waals surface area contributed by atoms with Gasteiger partial charge in [0.2, 0.25) is 0 Å². The van der Waals surface area contributed by atoms with Crippen molar-refractivity contribution in [2.75, 3.05) is 0 Å². The number of rotatable bonds is 6. The van der Waals surface area contributed by atoms with Crippen LogP contribution in [-0.2, 0) is 0 Å². The Bertz CT molecular complexity index is 1330. The summed E-state index contributed by atoms with van der Waals surface area (Å²) in [5, 5.41) is 8.32. The van der Waals surface area contributed by atoms with Gasteiger partial charge in [0.15, 0.2) is 17.6 Å². The molecule has 38 heavy (non-hydrogen) atoms. The standard InChI is InChI=1S/C34H30Br2Si2/c1-23-5-13-27(14-6-23)37(28-15-7-24(2)8-16-28)33-21-32(36)34(22-31(33)35)38(29-17-9-25(3)10-18-29)30-19-11-26(4)12-20-30/h5-22H,1-4H3. The van der Waals surface area contributed by atoms with Crippen LogP contribution in [0.1, 0.15) is 22.3 Å². The molecule has 4 heteroatoms. The molecule has 0 nitrogen and oxygen atoms in total. The van der Waals surface area contributed by atoms with Gasteiger partial charge in [-0.2, -0.15) is 0 Å². The van der Waals surface area contributed by atoms with Gasteiger partial charge >= 0.3 is 0 Å². The number of hydrogen-bond acceptors (Lipinski definition) is 0. The molecule has 0 atom stereocenters. The molecule has 0 aromatic heterocycles. The van der Waals surface area contributed by atoms with E-state index < -0.39 is 17.6 Å². The van der Waals surface area contributed by atoms with Crippen molar-refractivity contribution in [1.82, 2.24) is 0 Å². The summed E-state index contributed by atoms with van der Waals surface area (Å²) in [4.78, 5) is 0. The average Bonchev–Trinajstić information content (AvgIpc) is 2.91. The van der Waals surface area contributed by atoms with Crippen LogP contribution in [0.4, 0.5) is 0 Å². The molecule has 0 heterocycles. The maximum Gasteiger partial charge on any atom is 0.156 e. The zero-order valence-electron chi connectivity index (χ0n) is 22.1. The molecule has 0 unspecified atom stereocenters. The molecule has 5 aromatic carbocycles. The molecule has 0 spiro atoms. The van der Waals surface area contributed by atoms with Crippen LogP contribution in [-0.4, -0.2) is 17.6 Å². The summed E-state index contributed by atoms with van der Waals surface area (Å²) in [5.41, 5.74) is 5.16. The van der Waals surface area contributed by atoms with Crippen LogP contribution in [0.2, 0.25) is 0 Å². The summed E-state index contributed by atoms with van der Waals surface area (Å²) in [5.74, 6) is 0. The van der Waals surface area contributed by atoms with Gasteiger partial charge in [-0.3, -0.25) is 0 Å². The monoisotopic (exact) mass is 652 g/mol. The van der Waals surface area contributed by atoms with Crippen LogP contribution in [0.5, 0.6) is 0 Å². The number of hydrogen-bond donors (Lipinski definition) is 0. The van der Waals surface area contributed by atoms with Crippen LogP contribution < -0.4 is 31.1 Å². The van der Waals surface area contributed by atoms with E-state index in [1.54, 1.807) is 0 Å². The maximum absolute atomic E-state index is 4.06. The molecule has 0 aliphatic heterocycles. The Labute approximate surface area is 247 Å². The topological polar surface area (TPSA) is 0 Å². The van der Waals surface area contributed by atoms with Gasteiger partial charge in [0.05, 0.1) is 0 Å². The van der Waals surface area contributed by atoms with E-state index in [0.717, 1.165) is 0 Å². The van der Waals surface area contributed by atoms with Crippen LogP contribution in [0.3, 0.4) is 0 Å². The highest BCUT2D eigenvalue weighted by Crippen LogP contribution is 2.16. The first-order valence-corrected chi connectivity index (χ1v) is 17.4. The molecule has 0 saturated carbocycles. The predicted molar refractivity (Wildman–Crippen MR) is 176 cm³/mol. The molecule has 0 saturated heterocycles. The van der Waals surface area contributed by atoms with Crippen LogP contribution >= 0.6 is 31.9 Å². The fourth-order valence-electron chi connectivity index (χ4n) is 4.77. The maximum atomic E-state index is 4.06. The van der Waals surface area contributed by atoms with Gasteiger partial charge in [-0.25, -0.2) is 0 Å². The Kier molecular flexibility index (Phi) is 8.34. The highest BCUT2D eigenvalue weighted by Gasteiger charge is 2.27. The van der Waals surface area contributed by atoms with Gasteiger partial charge in [-0.05, 0) is 50.2 Å². The minimum atomic E-state index is -1.21. The van der Waals surface area contributed by atoms with Gasteiger partial charge in [-0.1, -0.05) is 172 Å². The van der Waals surface area contributed by atoms with Crippen molar-refractivity contribution < 1.29 is 0 Å². The smallest absolute Gasteiger partial charge is 0.0622 e. The normalized spacial score (nSPS) is 11.4. The first-order valence-electron chi connectivity index (χ1n) is 12.8. The highest BCUT2D eigenvalue weighted by atomic mass is 79.9. The van der Waals surface area contributed by atoms with Crippen molar-refractivity contribution in [3.05, 3.63) is 140 Å². The highest BCUT2D eigenvalue weighted by molar-refractivity contribution is 9.11. The fourth-order valence-corrected chi connectivity index (χ4v) is 12.2. The molecule has 0 aliphatic carbocycles. The van der Waals surface area contributed by atoms with E-state index in [9.17, 15) is 0 Å². The molecular formula is C34H30Br2Si2. The van der Waals surface area contributed by atoms with Crippen molar-refractivity contribution in [2.45, 2.75) is 27.7 Å². The van der Waals surface area contributed by atoms with Crippen LogP contribution in [0.25, 0.3) is 0 Å². The molecule has 0 bridgehead atoms. The zero-order valence-corrected chi connectivity index (χ0v) is 27.3. The van der Waals surface area contributed by atoms with E-state index in [1.807, 2.05) is 0 Å². The number of benzene rings is 5. The first-order chi connectivity index (χ1) is 18.3. The van der Waals surface area contributed by atoms with E-state index in [-0.39, 0.29) is 0 Å². The van der Waals surface area contributed by atoms with E-state index in [1.165, 1.54) is 62.3 Å². The first kappa shape index (κ1) is 27.1. The van der Waals surface area contributed by atoms with Gasteiger partial charge in [0.1, 0.15) is 0 Å². The van der Waals surface area contributed by atoms with Crippen molar-refractivity contribution in [3.8, 4) is 0 Å². The largest absolute Gasteiger partial charge is 0.156 e. The molecule has 5 rings (SSSR count). The lowest BCUT2D eigenvalue weighted by molar-refractivity contribution is 1.48. The molecule has 0 aliphatic rings. The van der Waals surface area contributed by atoms with Crippen LogP contribution in [0.15, 0.2) is 118 Å². The van der Waals surface area contributed by atoms with E-state index in [2.05, 4.69) is 169 Å². The Hall–Kier alpha value is -2.51. The Morgan fingerprint density at radius 3 is 0.789 bits per heavy atom. The number of halogens is 2. The van der Waals surface area contributed by atoms with Gasteiger partial charge in [-0.15, -0.1) is 0 Å². The molecule has 0 N–H and O–H groups in total. The van der Waals surface area contributed by atoms with Crippen molar-refractivity contribution >= 4 is 80.6 Å². The third kappa shape index (κ3) is 5.89. The average molecular weight is 655 g/mol. The summed E-state index contributed by atoms with van der Waals surface area (Å²) in [7, 11) is -2.42. The predicted octanol–water partition coefficient (Wildman–Crippen LogP) is 5.48. The lowest BCUT2D eigenvalue weighted by atomic mass is 10.2. The van der Waals surface area contributed by atoms with Gasteiger partial charge < -0.3 is 0 Å². The van der Waals surface area contributed by atoms with Crippen molar-refractivity contribution in [3.63, 3.8) is 0 Å². The molecule has 2 radical (unpaired) electrons. The molecule has 188 valence electrons.